The van der Waals surface area contributed by atoms with E-state index in [-0.39, 0.29) is 0 Å². The quantitative estimate of drug-likeness (QED) is 0.318. The maximum Gasteiger partial charge on any atom is 0.181 e. The molecule has 0 aliphatic carbocycles. The molecule has 0 spiro atoms. The van der Waals surface area contributed by atoms with Crippen LogP contribution >= 0.6 is 0 Å². The van der Waals surface area contributed by atoms with Crippen molar-refractivity contribution >= 4 is 6.21 Å². The molecule has 0 N–H and O–H groups in total. The second-order valence-electron chi connectivity index (χ2n) is 3.13. The van der Waals surface area contributed by atoms with Crippen molar-refractivity contribution in [2.24, 2.45) is 0 Å². The summed E-state index contributed by atoms with van der Waals surface area (Å²) in [5.41, 5.74) is 1.94. The lowest BCUT2D eigenvalue weighted by Gasteiger charge is -2.07. The van der Waals surface area contributed by atoms with Crippen LogP contribution in [0.3, 0.4) is 0 Å². The van der Waals surface area contributed by atoms with E-state index < -0.39 is 0 Å². The first-order valence-corrected chi connectivity index (χ1v) is 4.61. The molecular formula is C11H15NO2. The van der Waals surface area contributed by atoms with Gasteiger partial charge in [-0.2, -0.15) is 0 Å². The summed E-state index contributed by atoms with van der Waals surface area (Å²) in [4.78, 5) is 0. The second kappa shape index (κ2) is 4.65. The number of hydroxylamine groups is 1. The minimum atomic E-state index is 0.636. The Labute approximate surface area is 84.2 Å². The molecule has 14 heavy (non-hydrogen) atoms. The summed E-state index contributed by atoms with van der Waals surface area (Å²) in [7, 11) is 1.46. The zero-order chi connectivity index (χ0) is 10.6. The third kappa shape index (κ3) is 2.76. The van der Waals surface area contributed by atoms with Gasteiger partial charge in [0.1, 0.15) is 12.8 Å². The molecule has 0 aliphatic rings. The zero-order valence-corrected chi connectivity index (χ0v) is 8.78. The van der Waals surface area contributed by atoms with Gasteiger partial charge in [-0.15, -0.1) is 0 Å². The molecule has 0 heterocycles. The van der Waals surface area contributed by atoms with Crippen LogP contribution < -0.4 is 4.74 Å². The third-order valence-electron chi connectivity index (χ3n) is 1.84. The van der Waals surface area contributed by atoms with E-state index in [9.17, 15) is 5.21 Å². The van der Waals surface area contributed by atoms with Crippen LogP contribution in [0.2, 0.25) is 0 Å². The zero-order valence-electron chi connectivity index (χ0n) is 8.78. The van der Waals surface area contributed by atoms with Gasteiger partial charge in [0.25, 0.3) is 0 Å². The number of ether oxygens (including phenoxy) is 1. The molecule has 1 aromatic carbocycles. The first-order valence-electron chi connectivity index (χ1n) is 4.61. The molecule has 0 bridgehead atoms. The van der Waals surface area contributed by atoms with Crippen LogP contribution in [-0.2, 0) is 0 Å². The maximum atomic E-state index is 10.8. The van der Waals surface area contributed by atoms with Crippen molar-refractivity contribution < 1.29 is 9.48 Å². The van der Waals surface area contributed by atoms with Crippen molar-refractivity contribution in [3.63, 3.8) is 0 Å². The second-order valence-corrected chi connectivity index (χ2v) is 3.13. The molecule has 3 heteroatoms. The topological polar surface area (TPSA) is 35.3 Å². The van der Waals surface area contributed by atoms with Crippen LogP contribution in [0.5, 0.6) is 5.75 Å². The van der Waals surface area contributed by atoms with E-state index in [1.165, 1.54) is 13.3 Å². The highest BCUT2D eigenvalue weighted by atomic mass is 16.5. The highest BCUT2D eigenvalue weighted by Crippen LogP contribution is 2.18. The van der Waals surface area contributed by atoms with Crippen molar-refractivity contribution in [3.05, 3.63) is 34.5 Å². The molecule has 0 amide bonds. The molecule has 0 saturated heterocycles. The van der Waals surface area contributed by atoms with Crippen LogP contribution in [0.15, 0.2) is 18.2 Å². The highest BCUT2D eigenvalue weighted by molar-refractivity contribution is 5.76. The SMILES string of the molecule is CCOc1cc(C=[N+](C)[O-])ccc1C. The minimum Gasteiger partial charge on any atom is -0.624 e. The van der Waals surface area contributed by atoms with E-state index >= 15 is 0 Å². The summed E-state index contributed by atoms with van der Waals surface area (Å²) >= 11 is 0. The van der Waals surface area contributed by atoms with E-state index in [0.29, 0.717) is 6.61 Å². The van der Waals surface area contributed by atoms with E-state index in [4.69, 9.17) is 4.74 Å². The normalized spacial score (nSPS) is 11.5. The first kappa shape index (κ1) is 10.6. The van der Waals surface area contributed by atoms with Crippen LogP contribution in [0, 0.1) is 12.1 Å². The molecule has 76 valence electrons. The lowest BCUT2D eigenvalue weighted by atomic mass is 10.1. The van der Waals surface area contributed by atoms with Crippen LogP contribution in [0.1, 0.15) is 18.1 Å². The van der Waals surface area contributed by atoms with E-state index in [1.807, 2.05) is 32.0 Å². The molecule has 0 atom stereocenters. The number of rotatable bonds is 3. The summed E-state index contributed by atoms with van der Waals surface area (Å²) in [6.07, 6.45) is 1.52. The van der Waals surface area contributed by atoms with E-state index in [2.05, 4.69) is 0 Å². The average Bonchev–Trinajstić information content (AvgIpc) is 2.10. The molecular weight excluding hydrogens is 178 g/mol. The number of benzene rings is 1. The minimum absolute atomic E-state index is 0.636. The van der Waals surface area contributed by atoms with Gasteiger partial charge in [-0.1, -0.05) is 6.07 Å². The van der Waals surface area contributed by atoms with Crippen molar-refractivity contribution in [1.29, 1.82) is 0 Å². The molecule has 0 saturated carbocycles. The molecule has 1 rings (SSSR count). The molecule has 0 aliphatic heterocycles. The summed E-state index contributed by atoms with van der Waals surface area (Å²) < 4.78 is 6.20. The Morgan fingerprint density at radius 3 is 2.79 bits per heavy atom. The Hall–Kier alpha value is -1.51. The highest BCUT2D eigenvalue weighted by Gasteiger charge is 2.00. The molecule has 0 unspecified atom stereocenters. The lowest BCUT2D eigenvalue weighted by Crippen LogP contribution is -1.99. The summed E-state index contributed by atoms with van der Waals surface area (Å²) in [6, 6.07) is 5.71. The Kier molecular flexibility index (Phi) is 3.51. The van der Waals surface area contributed by atoms with E-state index in [0.717, 1.165) is 21.6 Å². The van der Waals surface area contributed by atoms with Crippen LogP contribution in [-0.4, -0.2) is 24.6 Å². The standard InChI is InChI=1S/C11H15NO2/c1-4-14-11-7-10(8-12(3)13)6-5-9(11)2/h5-8H,4H2,1-3H3. The predicted molar refractivity (Wildman–Crippen MR) is 57.1 cm³/mol. The van der Waals surface area contributed by atoms with Crippen LogP contribution in [0.25, 0.3) is 0 Å². The maximum absolute atomic E-state index is 10.8. The van der Waals surface area contributed by atoms with Crippen molar-refractivity contribution in [2.75, 3.05) is 13.7 Å². The Morgan fingerprint density at radius 2 is 2.21 bits per heavy atom. The molecule has 1 aromatic rings. The van der Waals surface area contributed by atoms with E-state index in [1.54, 1.807) is 0 Å². The fourth-order valence-corrected chi connectivity index (χ4v) is 1.22. The first-order chi connectivity index (χ1) is 6.63. The van der Waals surface area contributed by atoms with Gasteiger partial charge in [0.05, 0.1) is 6.61 Å². The number of hydrogen-bond acceptors (Lipinski definition) is 2. The smallest absolute Gasteiger partial charge is 0.181 e. The van der Waals surface area contributed by atoms with Gasteiger partial charge in [0.15, 0.2) is 6.21 Å². The Morgan fingerprint density at radius 1 is 1.50 bits per heavy atom. The third-order valence-corrected chi connectivity index (χ3v) is 1.84. The van der Waals surface area contributed by atoms with Gasteiger partial charge >= 0.3 is 0 Å². The van der Waals surface area contributed by atoms with Crippen molar-refractivity contribution in [3.8, 4) is 5.75 Å². The number of hydrogen-bond donors (Lipinski definition) is 0. The fraction of sp³-hybridized carbons (Fsp3) is 0.364. The molecule has 0 aromatic heterocycles. The fourth-order valence-electron chi connectivity index (χ4n) is 1.22. The van der Waals surface area contributed by atoms with Gasteiger partial charge in [-0.25, -0.2) is 4.74 Å². The number of aryl methyl sites for hydroxylation is 1. The molecule has 0 fully saturated rings. The van der Waals surface area contributed by atoms with Gasteiger partial charge in [-0.05, 0) is 31.5 Å². The Balaban J connectivity index is 3.00. The van der Waals surface area contributed by atoms with Gasteiger partial charge < -0.3 is 9.94 Å². The largest absolute Gasteiger partial charge is 0.624 e. The van der Waals surface area contributed by atoms with Gasteiger partial charge in [0, 0.05) is 5.56 Å². The summed E-state index contributed by atoms with van der Waals surface area (Å²) in [5, 5.41) is 10.8. The van der Waals surface area contributed by atoms with Crippen molar-refractivity contribution in [2.45, 2.75) is 13.8 Å². The van der Waals surface area contributed by atoms with Gasteiger partial charge in [-0.3, -0.25) is 0 Å². The lowest BCUT2D eigenvalue weighted by molar-refractivity contribution is -0.416. The van der Waals surface area contributed by atoms with Crippen LogP contribution in [0.4, 0.5) is 0 Å². The molecule has 0 radical (unpaired) electrons. The average molecular weight is 193 g/mol. The number of nitrogens with zero attached hydrogens (tertiary/aromatic N) is 1. The Bertz CT molecular complexity index is 341. The summed E-state index contributed by atoms with van der Waals surface area (Å²) in [5.74, 6) is 0.836. The van der Waals surface area contributed by atoms with Crippen molar-refractivity contribution in [1.82, 2.24) is 0 Å². The van der Waals surface area contributed by atoms with Gasteiger partial charge in [0.2, 0.25) is 0 Å². The predicted octanol–water partition coefficient (Wildman–Crippen LogP) is 1.95. The monoisotopic (exact) mass is 193 g/mol. The molecule has 3 nitrogen and oxygen atoms in total. The summed E-state index contributed by atoms with van der Waals surface area (Å²) in [6.45, 7) is 4.56.